The zero-order valence-electron chi connectivity index (χ0n) is 11.7. The Kier molecular flexibility index (Phi) is 4.02. The second-order valence-electron chi connectivity index (χ2n) is 4.78. The summed E-state index contributed by atoms with van der Waals surface area (Å²) in [6.45, 7) is 2.09. The second kappa shape index (κ2) is 6.10. The average Bonchev–Trinajstić information content (AvgIpc) is 2.51. The third kappa shape index (κ3) is 2.83. The lowest BCUT2D eigenvalue weighted by Gasteiger charge is -2.12. The van der Waals surface area contributed by atoms with Crippen molar-refractivity contribution in [3.05, 3.63) is 59.5 Å². The van der Waals surface area contributed by atoms with Gasteiger partial charge in [0.05, 0.1) is 5.56 Å². The van der Waals surface area contributed by atoms with Crippen LogP contribution >= 0.6 is 11.6 Å². The van der Waals surface area contributed by atoms with E-state index in [2.05, 4.69) is 29.0 Å². The first-order chi connectivity index (χ1) is 10.3. The average molecular weight is 299 g/mol. The van der Waals surface area contributed by atoms with Crippen molar-refractivity contribution < 1.29 is 4.74 Å². The first-order valence-electron chi connectivity index (χ1n) is 6.94. The van der Waals surface area contributed by atoms with Crippen LogP contribution in [0, 0.1) is 0 Å². The molecule has 1 aromatic heterocycles. The highest BCUT2D eigenvalue weighted by atomic mass is 35.5. The van der Waals surface area contributed by atoms with Gasteiger partial charge in [0, 0.05) is 5.39 Å². The van der Waals surface area contributed by atoms with Crippen LogP contribution in [0.1, 0.15) is 18.9 Å². The number of aromatic nitrogens is 2. The Hall–Kier alpha value is -2.13. The van der Waals surface area contributed by atoms with Gasteiger partial charge in [-0.3, -0.25) is 0 Å². The molecular formula is C17H15ClN2O. The highest BCUT2D eigenvalue weighted by Crippen LogP contribution is 2.32. The fourth-order valence-electron chi connectivity index (χ4n) is 2.31. The van der Waals surface area contributed by atoms with Gasteiger partial charge in [-0.1, -0.05) is 61.3 Å². The predicted molar refractivity (Wildman–Crippen MR) is 85.1 cm³/mol. The SMILES string of the molecule is CCCc1c(Cl)ncnc1Oc1cccc2ccccc12. The molecule has 0 saturated carbocycles. The Morgan fingerprint density at radius 3 is 2.71 bits per heavy atom. The van der Waals surface area contributed by atoms with Crippen molar-refractivity contribution in [2.75, 3.05) is 0 Å². The van der Waals surface area contributed by atoms with E-state index < -0.39 is 0 Å². The highest BCUT2D eigenvalue weighted by molar-refractivity contribution is 6.30. The van der Waals surface area contributed by atoms with Gasteiger partial charge in [0.15, 0.2) is 0 Å². The van der Waals surface area contributed by atoms with Crippen LogP contribution in [0.3, 0.4) is 0 Å². The quantitative estimate of drug-likeness (QED) is 0.634. The molecule has 0 bridgehead atoms. The van der Waals surface area contributed by atoms with Crippen LogP contribution in [-0.4, -0.2) is 9.97 Å². The number of halogens is 1. The standard InChI is InChI=1S/C17H15ClN2O/c1-2-6-14-16(18)19-11-20-17(14)21-15-10-5-8-12-7-3-4-9-13(12)15/h3-5,7-11H,2,6H2,1H3. The fourth-order valence-corrected chi connectivity index (χ4v) is 2.53. The molecule has 106 valence electrons. The number of hydrogen-bond acceptors (Lipinski definition) is 3. The topological polar surface area (TPSA) is 35.0 Å². The van der Waals surface area contributed by atoms with Crippen molar-refractivity contribution in [3.8, 4) is 11.6 Å². The van der Waals surface area contributed by atoms with Gasteiger partial charge in [0.1, 0.15) is 17.2 Å². The molecule has 2 aromatic carbocycles. The largest absolute Gasteiger partial charge is 0.438 e. The number of nitrogens with zero attached hydrogens (tertiary/aromatic N) is 2. The van der Waals surface area contributed by atoms with Gasteiger partial charge in [0.25, 0.3) is 0 Å². The summed E-state index contributed by atoms with van der Waals surface area (Å²) in [5.74, 6) is 1.31. The summed E-state index contributed by atoms with van der Waals surface area (Å²) in [7, 11) is 0. The van der Waals surface area contributed by atoms with Gasteiger partial charge in [-0.05, 0) is 17.9 Å². The monoisotopic (exact) mass is 298 g/mol. The van der Waals surface area contributed by atoms with Crippen molar-refractivity contribution in [2.45, 2.75) is 19.8 Å². The summed E-state index contributed by atoms with van der Waals surface area (Å²) in [5, 5.41) is 2.64. The lowest BCUT2D eigenvalue weighted by molar-refractivity contribution is 0.459. The van der Waals surface area contributed by atoms with E-state index in [0.717, 1.165) is 34.9 Å². The van der Waals surface area contributed by atoms with E-state index in [0.29, 0.717) is 11.0 Å². The molecule has 0 unspecified atom stereocenters. The normalized spacial score (nSPS) is 10.8. The minimum Gasteiger partial charge on any atom is -0.438 e. The zero-order valence-corrected chi connectivity index (χ0v) is 12.5. The van der Waals surface area contributed by atoms with E-state index in [1.54, 1.807) is 0 Å². The van der Waals surface area contributed by atoms with Gasteiger partial charge in [-0.2, -0.15) is 0 Å². The van der Waals surface area contributed by atoms with Crippen molar-refractivity contribution in [3.63, 3.8) is 0 Å². The highest BCUT2D eigenvalue weighted by Gasteiger charge is 2.12. The molecule has 21 heavy (non-hydrogen) atoms. The summed E-state index contributed by atoms with van der Waals surface area (Å²) in [6, 6.07) is 14.1. The number of benzene rings is 2. The summed E-state index contributed by atoms with van der Waals surface area (Å²) < 4.78 is 6.02. The molecule has 0 atom stereocenters. The number of rotatable bonds is 4. The molecule has 3 aromatic rings. The molecule has 1 heterocycles. The third-order valence-electron chi connectivity index (χ3n) is 3.31. The molecule has 4 heteroatoms. The molecule has 3 rings (SSSR count). The van der Waals surface area contributed by atoms with E-state index in [1.807, 2.05) is 30.3 Å². The Morgan fingerprint density at radius 2 is 1.86 bits per heavy atom. The van der Waals surface area contributed by atoms with Crippen molar-refractivity contribution in [2.24, 2.45) is 0 Å². The molecule has 3 nitrogen and oxygen atoms in total. The minimum absolute atomic E-state index is 0.460. The number of fused-ring (bicyclic) bond motifs is 1. The summed E-state index contributed by atoms with van der Waals surface area (Å²) >= 11 is 6.16. The van der Waals surface area contributed by atoms with Gasteiger partial charge >= 0.3 is 0 Å². The maximum atomic E-state index is 6.16. The lowest BCUT2D eigenvalue weighted by Crippen LogP contribution is -1.98. The Bertz CT molecular complexity index is 768. The Balaban J connectivity index is 2.05. The van der Waals surface area contributed by atoms with Crippen LogP contribution in [0.2, 0.25) is 5.15 Å². The van der Waals surface area contributed by atoms with Crippen LogP contribution in [0.4, 0.5) is 0 Å². The molecule has 0 spiro atoms. The summed E-state index contributed by atoms with van der Waals surface area (Å²) in [4.78, 5) is 8.28. The molecule has 0 N–H and O–H groups in total. The molecule has 0 aliphatic heterocycles. The molecule has 0 saturated heterocycles. The minimum atomic E-state index is 0.460. The first kappa shape index (κ1) is 13.8. The Labute approximate surface area is 128 Å². The van der Waals surface area contributed by atoms with E-state index in [-0.39, 0.29) is 0 Å². The maximum absolute atomic E-state index is 6.16. The summed E-state index contributed by atoms with van der Waals surface area (Å²) in [5.41, 5.74) is 0.856. The first-order valence-corrected chi connectivity index (χ1v) is 7.32. The van der Waals surface area contributed by atoms with Crippen LogP contribution in [0.25, 0.3) is 10.8 Å². The lowest BCUT2D eigenvalue weighted by atomic mass is 10.1. The van der Waals surface area contributed by atoms with E-state index >= 15 is 0 Å². The molecule has 0 aliphatic rings. The predicted octanol–water partition coefficient (Wildman–Crippen LogP) is 5.03. The molecular weight excluding hydrogens is 284 g/mol. The molecule has 0 aliphatic carbocycles. The number of hydrogen-bond donors (Lipinski definition) is 0. The van der Waals surface area contributed by atoms with E-state index in [9.17, 15) is 0 Å². The molecule has 0 amide bonds. The van der Waals surface area contributed by atoms with Crippen LogP contribution < -0.4 is 4.74 Å². The third-order valence-corrected chi connectivity index (χ3v) is 3.64. The van der Waals surface area contributed by atoms with Crippen molar-refractivity contribution in [1.29, 1.82) is 0 Å². The van der Waals surface area contributed by atoms with Crippen molar-refractivity contribution in [1.82, 2.24) is 9.97 Å². The molecule has 0 fully saturated rings. The van der Waals surface area contributed by atoms with Gasteiger partial charge in [0.2, 0.25) is 5.88 Å². The van der Waals surface area contributed by atoms with Gasteiger partial charge in [-0.25, -0.2) is 9.97 Å². The Morgan fingerprint density at radius 1 is 1.05 bits per heavy atom. The zero-order chi connectivity index (χ0) is 14.7. The maximum Gasteiger partial charge on any atom is 0.227 e. The number of ether oxygens (including phenoxy) is 1. The van der Waals surface area contributed by atoms with Gasteiger partial charge in [-0.15, -0.1) is 0 Å². The van der Waals surface area contributed by atoms with E-state index in [1.165, 1.54) is 6.33 Å². The fraction of sp³-hybridized carbons (Fsp3) is 0.176. The van der Waals surface area contributed by atoms with Crippen LogP contribution in [-0.2, 0) is 6.42 Å². The smallest absolute Gasteiger partial charge is 0.227 e. The van der Waals surface area contributed by atoms with E-state index in [4.69, 9.17) is 16.3 Å². The van der Waals surface area contributed by atoms with Crippen LogP contribution in [0.5, 0.6) is 11.6 Å². The second-order valence-corrected chi connectivity index (χ2v) is 5.14. The van der Waals surface area contributed by atoms with Gasteiger partial charge < -0.3 is 4.74 Å². The van der Waals surface area contributed by atoms with Crippen LogP contribution in [0.15, 0.2) is 48.8 Å². The molecule has 0 radical (unpaired) electrons. The summed E-state index contributed by atoms with van der Waals surface area (Å²) in [6.07, 6.45) is 3.18. The van der Waals surface area contributed by atoms with Crippen molar-refractivity contribution >= 4 is 22.4 Å².